The fourth-order valence-electron chi connectivity index (χ4n) is 3.35. The largest absolute Gasteiger partial charge is 0.356 e. The first kappa shape index (κ1) is 25.4. The van der Waals surface area contributed by atoms with Crippen LogP contribution in [0.2, 0.25) is 0 Å². The van der Waals surface area contributed by atoms with Crippen molar-refractivity contribution in [1.29, 1.82) is 0 Å². The van der Waals surface area contributed by atoms with Gasteiger partial charge >= 0.3 is 0 Å². The van der Waals surface area contributed by atoms with Crippen LogP contribution >= 0.6 is 0 Å². The summed E-state index contributed by atoms with van der Waals surface area (Å²) in [6.07, 6.45) is 21.0. The van der Waals surface area contributed by atoms with Crippen molar-refractivity contribution in [1.82, 2.24) is 5.32 Å². The third kappa shape index (κ3) is 21.5. The molecular formula is C23H49N2O+. The van der Waals surface area contributed by atoms with Crippen LogP contribution in [0.5, 0.6) is 0 Å². The number of unbranched alkanes of at least 4 members (excludes halogenated alkanes) is 13. The summed E-state index contributed by atoms with van der Waals surface area (Å²) in [5, 5.41) is 3.07. The molecule has 0 aliphatic heterocycles. The van der Waals surface area contributed by atoms with Gasteiger partial charge < -0.3 is 9.80 Å². The van der Waals surface area contributed by atoms with Crippen LogP contribution in [0.15, 0.2) is 0 Å². The minimum absolute atomic E-state index is 0.230. The molecule has 0 aromatic rings. The smallest absolute Gasteiger partial charge is 0.220 e. The normalized spacial score (nSPS) is 11.7. The molecule has 0 aromatic heterocycles. The van der Waals surface area contributed by atoms with Gasteiger partial charge in [0.25, 0.3) is 0 Å². The molecule has 0 rings (SSSR count). The molecule has 3 nitrogen and oxygen atoms in total. The van der Waals surface area contributed by atoms with Crippen LogP contribution in [-0.2, 0) is 4.79 Å². The van der Waals surface area contributed by atoms with Gasteiger partial charge in [-0.05, 0) is 6.42 Å². The van der Waals surface area contributed by atoms with Crippen LogP contribution in [0.3, 0.4) is 0 Å². The second-order valence-corrected chi connectivity index (χ2v) is 9.06. The minimum Gasteiger partial charge on any atom is -0.356 e. The van der Waals surface area contributed by atoms with Crippen molar-refractivity contribution in [3.8, 4) is 0 Å². The van der Waals surface area contributed by atoms with E-state index < -0.39 is 0 Å². The van der Waals surface area contributed by atoms with Gasteiger partial charge in [-0.1, -0.05) is 90.4 Å². The van der Waals surface area contributed by atoms with Crippen molar-refractivity contribution in [2.24, 2.45) is 0 Å². The minimum atomic E-state index is 0.230. The highest BCUT2D eigenvalue weighted by Crippen LogP contribution is 2.12. The molecule has 0 spiro atoms. The Morgan fingerprint density at radius 1 is 0.654 bits per heavy atom. The summed E-state index contributed by atoms with van der Waals surface area (Å²) in [6.45, 7) is 4.21. The second-order valence-electron chi connectivity index (χ2n) is 9.06. The van der Waals surface area contributed by atoms with Gasteiger partial charge in [-0.15, -0.1) is 0 Å². The molecule has 1 N–H and O–H groups in total. The quantitative estimate of drug-likeness (QED) is 0.217. The Labute approximate surface area is 164 Å². The van der Waals surface area contributed by atoms with Crippen molar-refractivity contribution in [3.63, 3.8) is 0 Å². The molecule has 0 unspecified atom stereocenters. The first-order valence-corrected chi connectivity index (χ1v) is 11.5. The molecule has 0 aliphatic carbocycles. The first-order valence-electron chi connectivity index (χ1n) is 11.5. The van der Waals surface area contributed by atoms with Crippen LogP contribution in [0.1, 0.15) is 110 Å². The predicted molar refractivity (Wildman–Crippen MR) is 115 cm³/mol. The van der Waals surface area contributed by atoms with Gasteiger partial charge in [0.1, 0.15) is 0 Å². The summed E-state index contributed by atoms with van der Waals surface area (Å²) in [7, 11) is 6.52. The predicted octanol–water partition coefficient (Wildman–Crippen LogP) is 6.07. The SMILES string of the molecule is CCCCCCCCCCCCCCCCNC(=O)CCC[N+](C)(C)C. The number of quaternary nitrogens is 1. The average Bonchev–Trinajstić information content (AvgIpc) is 2.57. The van der Waals surface area contributed by atoms with Gasteiger partial charge in [0.2, 0.25) is 5.91 Å². The molecule has 0 aliphatic rings. The number of amides is 1. The van der Waals surface area contributed by atoms with Crippen molar-refractivity contribution in [2.75, 3.05) is 34.2 Å². The molecule has 0 atom stereocenters. The monoisotopic (exact) mass is 369 g/mol. The highest BCUT2D eigenvalue weighted by Gasteiger charge is 2.08. The summed E-state index contributed by atoms with van der Waals surface area (Å²) in [5.74, 6) is 0.230. The standard InChI is InChI=1S/C23H48N2O/c1-5-6-7-8-9-10-11-12-13-14-15-16-17-18-21-24-23(26)20-19-22-25(2,3)4/h5-22H2,1-4H3/p+1. The van der Waals surface area contributed by atoms with E-state index in [0.29, 0.717) is 6.42 Å². The summed E-state index contributed by atoms with van der Waals surface area (Å²) < 4.78 is 0.937. The van der Waals surface area contributed by atoms with E-state index in [4.69, 9.17) is 0 Å². The Balaban J connectivity index is 3.16. The fraction of sp³-hybridized carbons (Fsp3) is 0.957. The molecule has 0 saturated carbocycles. The number of nitrogens with zero attached hydrogens (tertiary/aromatic N) is 1. The summed E-state index contributed by atoms with van der Waals surface area (Å²) >= 11 is 0. The Hall–Kier alpha value is -0.570. The molecule has 1 amide bonds. The van der Waals surface area contributed by atoms with Gasteiger partial charge in [-0.3, -0.25) is 4.79 Å². The zero-order chi connectivity index (χ0) is 19.5. The molecule has 26 heavy (non-hydrogen) atoms. The van der Waals surface area contributed by atoms with Crippen molar-refractivity contribution in [2.45, 2.75) is 110 Å². The van der Waals surface area contributed by atoms with Crippen molar-refractivity contribution >= 4 is 5.91 Å². The van der Waals surface area contributed by atoms with E-state index in [9.17, 15) is 4.79 Å². The Kier molecular flexibility index (Phi) is 17.4. The van der Waals surface area contributed by atoms with Gasteiger partial charge in [-0.2, -0.15) is 0 Å². The lowest BCUT2D eigenvalue weighted by Gasteiger charge is -2.23. The summed E-state index contributed by atoms with van der Waals surface area (Å²) in [5.41, 5.74) is 0. The van der Waals surface area contributed by atoms with E-state index in [2.05, 4.69) is 33.4 Å². The Morgan fingerprint density at radius 3 is 1.50 bits per heavy atom. The van der Waals surface area contributed by atoms with Gasteiger partial charge in [0.15, 0.2) is 0 Å². The lowest BCUT2D eigenvalue weighted by atomic mass is 10.0. The molecule has 0 saturated heterocycles. The second kappa shape index (κ2) is 17.8. The van der Waals surface area contributed by atoms with E-state index in [1.807, 2.05) is 0 Å². The van der Waals surface area contributed by atoms with Gasteiger partial charge in [0, 0.05) is 19.4 Å². The van der Waals surface area contributed by atoms with Gasteiger partial charge in [-0.25, -0.2) is 0 Å². The zero-order valence-corrected chi connectivity index (χ0v) is 18.6. The van der Waals surface area contributed by atoms with Crippen LogP contribution in [0.4, 0.5) is 0 Å². The van der Waals surface area contributed by atoms with E-state index in [1.54, 1.807) is 0 Å². The Morgan fingerprint density at radius 2 is 1.08 bits per heavy atom. The first-order chi connectivity index (χ1) is 12.5. The number of carbonyl (C=O) groups is 1. The maximum Gasteiger partial charge on any atom is 0.220 e. The van der Waals surface area contributed by atoms with E-state index >= 15 is 0 Å². The molecule has 156 valence electrons. The van der Waals surface area contributed by atoms with Crippen LogP contribution in [0, 0.1) is 0 Å². The lowest BCUT2D eigenvalue weighted by molar-refractivity contribution is -0.870. The maximum atomic E-state index is 11.7. The molecule has 0 aromatic carbocycles. The lowest BCUT2D eigenvalue weighted by Crippen LogP contribution is -2.36. The van der Waals surface area contributed by atoms with Crippen molar-refractivity contribution in [3.05, 3.63) is 0 Å². The average molecular weight is 370 g/mol. The highest BCUT2D eigenvalue weighted by molar-refractivity contribution is 5.75. The topological polar surface area (TPSA) is 29.1 Å². The number of carbonyl (C=O) groups excluding carboxylic acids is 1. The molecule has 0 heterocycles. The number of hydrogen-bond acceptors (Lipinski definition) is 1. The van der Waals surface area contributed by atoms with Crippen molar-refractivity contribution < 1.29 is 9.28 Å². The third-order valence-corrected chi connectivity index (χ3v) is 5.09. The fourth-order valence-corrected chi connectivity index (χ4v) is 3.35. The molecule has 0 bridgehead atoms. The van der Waals surface area contributed by atoms with Crippen LogP contribution in [-0.4, -0.2) is 44.6 Å². The van der Waals surface area contributed by atoms with E-state index in [1.165, 1.54) is 83.5 Å². The summed E-state index contributed by atoms with van der Waals surface area (Å²) in [6, 6.07) is 0. The number of rotatable bonds is 19. The highest BCUT2D eigenvalue weighted by atomic mass is 16.1. The number of nitrogens with one attached hydrogen (secondary N) is 1. The molecule has 0 radical (unpaired) electrons. The van der Waals surface area contributed by atoms with Gasteiger partial charge in [0.05, 0.1) is 27.7 Å². The molecule has 3 heteroatoms. The summed E-state index contributed by atoms with van der Waals surface area (Å²) in [4.78, 5) is 11.7. The number of hydrogen-bond donors (Lipinski definition) is 1. The Bertz CT molecular complexity index is 310. The van der Waals surface area contributed by atoms with Crippen LogP contribution in [0.25, 0.3) is 0 Å². The molecule has 0 fully saturated rings. The van der Waals surface area contributed by atoms with E-state index in [0.717, 1.165) is 30.4 Å². The van der Waals surface area contributed by atoms with E-state index in [-0.39, 0.29) is 5.91 Å². The zero-order valence-electron chi connectivity index (χ0n) is 18.6. The van der Waals surface area contributed by atoms with Crippen LogP contribution < -0.4 is 5.32 Å². The molecular weight excluding hydrogens is 320 g/mol. The third-order valence-electron chi connectivity index (χ3n) is 5.09. The maximum absolute atomic E-state index is 11.7.